The fraction of sp³-hybridized carbons (Fsp3) is 0.214. The van der Waals surface area contributed by atoms with E-state index in [1.807, 2.05) is 30.3 Å². The Bertz CT molecular complexity index is 545. The van der Waals surface area contributed by atoms with Crippen LogP contribution < -0.4 is 4.74 Å². The van der Waals surface area contributed by atoms with E-state index in [-0.39, 0.29) is 0 Å². The third kappa shape index (κ3) is 2.71. The highest BCUT2D eigenvalue weighted by Gasteiger charge is 2.11. The quantitative estimate of drug-likeness (QED) is 0.888. The fourth-order valence-electron chi connectivity index (χ4n) is 1.61. The minimum atomic E-state index is -0.891. The van der Waals surface area contributed by atoms with Gasteiger partial charge in [0.1, 0.15) is 10.6 Å². The molecule has 0 fully saturated rings. The van der Waals surface area contributed by atoms with Crippen molar-refractivity contribution in [1.82, 2.24) is 0 Å². The van der Waals surface area contributed by atoms with Crippen LogP contribution in [0.25, 0.3) is 10.4 Å². The lowest BCUT2D eigenvalue weighted by atomic mass is 10.1. The smallest absolute Gasteiger partial charge is 0.345 e. The lowest BCUT2D eigenvalue weighted by Crippen LogP contribution is -1.96. The number of carboxylic acids is 1. The van der Waals surface area contributed by atoms with Crippen LogP contribution in [0.15, 0.2) is 36.4 Å². The predicted molar refractivity (Wildman–Crippen MR) is 72.5 cm³/mol. The highest BCUT2D eigenvalue weighted by molar-refractivity contribution is 7.17. The molecule has 1 N–H and O–H groups in total. The molecule has 3 nitrogen and oxygen atoms in total. The molecule has 0 unspecified atom stereocenters. The van der Waals surface area contributed by atoms with Gasteiger partial charge < -0.3 is 9.84 Å². The summed E-state index contributed by atoms with van der Waals surface area (Å²) < 4.78 is 5.67. The first-order valence-electron chi connectivity index (χ1n) is 5.77. The first kappa shape index (κ1) is 12.6. The van der Waals surface area contributed by atoms with E-state index in [1.54, 1.807) is 6.07 Å². The minimum absolute atomic E-state index is 0.343. The molecule has 2 aromatic rings. The number of para-hydroxylation sites is 1. The maximum atomic E-state index is 10.9. The van der Waals surface area contributed by atoms with Crippen LogP contribution in [0, 0.1) is 0 Å². The number of thiophene rings is 1. The summed E-state index contributed by atoms with van der Waals surface area (Å²) in [6.45, 7) is 2.71. The monoisotopic (exact) mass is 262 g/mol. The largest absolute Gasteiger partial charge is 0.493 e. The summed E-state index contributed by atoms with van der Waals surface area (Å²) >= 11 is 1.26. The van der Waals surface area contributed by atoms with Crippen LogP contribution >= 0.6 is 11.3 Å². The maximum Gasteiger partial charge on any atom is 0.345 e. The Kier molecular flexibility index (Phi) is 3.99. The van der Waals surface area contributed by atoms with Crippen molar-refractivity contribution in [2.45, 2.75) is 13.3 Å². The Morgan fingerprint density at radius 3 is 2.72 bits per heavy atom. The Morgan fingerprint density at radius 2 is 2.06 bits per heavy atom. The van der Waals surface area contributed by atoms with Gasteiger partial charge in [-0.1, -0.05) is 19.1 Å². The maximum absolute atomic E-state index is 10.9. The second-order valence-corrected chi connectivity index (χ2v) is 4.90. The Balaban J connectivity index is 2.33. The number of benzene rings is 1. The zero-order valence-electron chi connectivity index (χ0n) is 10.1. The van der Waals surface area contributed by atoms with Gasteiger partial charge in [0, 0.05) is 10.4 Å². The van der Waals surface area contributed by atoms with E-state index in [0.717, 1.165) is 22.6 Å². The summed E-state index contributed by atoms with van der Waals surface area (Å²) in [5.74, 6) is -0.0867. The number of carbonyl (C=O) groups is 1. The molecule has 0 aliphatic heterocycles. The second kappa shape index (κ2) is 5.69. The van der Waals surface area contributed by atoms with Gasteiger partial charge in [-0.3, -0.25) is 0 Å². The Hall–Kier alpha value is -1.81. The molecule has 4 heteroatoms. The Labute approximate surface area is 110 Å². The molecule has 18 heavy (non-hydrogen) atoms. The van der Waals surface area contributed by atoms with Crippen molar-refractivity contribution in [2.75, 3.05) is 6.61 Å². The number of aromatic carboxylic acids is 1. The van der Waals surface area contributed by atoms with Crippen LogP contribution in [-0.2, 0) is 0 Å². The third-order valence-corrected chi connectivity index (χ3v) is 3.54. The summed E-state index contributed by atoms with van der Waals surface area (Å²) in [5.41, 5.74) is 0.948. The standard InChI is InChI=1S/C14H14O3S/c1-2-9-17-11-6-4-3-5-10(11)12-7-8-13(18-12)14(15)16/h3-8H,2,9H2,1H3,(H,15,16). The van der Waals surface area contributed by atoms with Gasteiger partial charge in [-0.2, -0.15) is 0 Å². The van der Waals surface area contributed by atoms with Crippen LogP contribution in [0.1, 0.15) is 23.0 Å². The zero-order chi connectivity index (χ0) is 13.0. The van der Waals surface area contributed by atoms with E-state index in [1.165, 1.54) is 11.3 Å². The summed E-state index contributed by atoms with van der Waals surface area (Å²) in [6, 6.07) is 11.1. The van der Waals surface area contributed by atoms with Crippen molar-refractivity contribution in [3.63, 3.8) is 0 Å². The van der Waals surface area contributed by atoms with Crippen LogP contribution in [0.3, 0.4) is 0 Å². The van der Waals surface area contributed by atoms with Crippen molar-refractivity contribution >= 4 is 17.3 Å². The molecule has 0 atom stereocenters. The number of hydrogen-bond acceptors (Lipinski definition) is 3. The molecule has 0 spiro atoms. The van der Waals surface area contributed by atoms with Gasteiger partial charge in [-0.25, -0.2) is 4.79 Å². The SMILES string of the molecule is CCCOc1ccccc1-c1ccc(C(=O)O)s1. The summed E-state index contributed by atoms with van der Waals surface area (Å²) in [5, 5.41) is 8.93. The van der Waals surface area contributed by atoms with Crippen LogP contribution in [-0.4, -0.2) is 17.7 Å². The van der Waals surface area contributed by atoms with Crippen LogP contribution in [0.4, 0.5) is 0 Å². The minimum Gasteiger partial charge on any atom is -0.493 e. The molecule has 0 aliphatic carbocycles. The van der Waals surface area contributed by atoms with Crippen molar-refractivity contribution in [3.05, 3.63) is 41.3 Å². The van der Waals surface area contributed by atoms with Crippen LogP contribution in [0.2, 0.25) is 0 Å². The van der Waals surface area contributed by atoms with Gasteiger partial charge in [-0.05, 0) is 30.7 Å². The zero-order valence-corrected chi connectivity index (χ0v) is 10.9. The molecule has 0 saturated heterocycles. The molecular formula is C14H14O3S. The lowest BCUT2D eigenvalue weighted by Gasteiger charge is -2.09. The molecule has 0 saturated carbocycles. The highest BCUT2D eigenvalue weighted by atomic mass is 32.1. The molecule has 0 radical (unpaired) electrons. The molecule has 1 aromatic heterocycles. The van der Waals surface area contributed by atoms with Crippen molar-refractivity contribution < 1.29 is 14.6 Å². The van der Waals surface area contributed by atoms with E-state index in [4.69, 9.17) is 9.84 Å². The van der Waals surface area contributed by atoms with Gasteiger partial charge in [0.2, 0.25) is 0 Å². The number of rotatable bonds is 5. The number of hydrogen-bond donors (Lipinski definition) is 1. The molecular weight excluding hydrogens is 248 g/mol. The van der Waals surface area contributed by atoms with Gasteiger partial charge >= 0.3 is 5.97 Å². The van der Waals surface area contributed by atoms with Crippen molar-refractivity contribution in [1.29, 1.82) is 0 Å². The molecule has 94 valence electrons. The summed E-state index contributed by atoms with van der Waals surface area (Å²) in [4.78, 5) is 12.1. The molecule has 0 bridgehead atoms. The van der Waals surface area contributed by atoms with Gasteiger partial charge in [0.15, 0.2) is 0 Å². The summed E-state index contributed by atoms with van der Waals surface area (Å²) in [6.07, 6.45) is 0.944. The predicted octanol–water partition coefficient (Wildman–Crippen LogP) is 3.90. The normalized spacial score (nSPS) is 10.3. The average Bonchev–Trinajstić information content (AvgIpc) is 2.86. The summed E-state index contributed by atoms with van der Waals surface area (Å²) in [7, 11) is 0. The van der Waals surface area contributed by atoms with Crippen LogP contribution in [0.5, 0.6) is 5.75 Å². The molecule has 0 amide bonds. The van der Waals surface area contributed by atoms with E-state index < -0.39 is 5.97 Å². The number of ether oxygens (including phenoxy) is 1. The topological polar surface area (TPSA) is 46.5 Å². The van der Waals surface area contributed by atoms with Gasteiger partial charge in [-0.15, -0.1) is 11.3 Å². The average molecular weight is 262 g/mol. The third-order valence-electron chi connectivity index (χ3n) is 2.43. The van der Waals surface area contributed by atoms with Crippen molar-refractivity contribution in [2.24, 2.45) is 0 Å². The fourth-order valence-corrected chi connectivity index (χ4v) is 2.48. The second-order valence-electron chi connectivity index (χ2n) is 3.81. The van der Waals surface area contributed by atoms with Gasteiger partial charge in [0.05, 0.1) is 6.61 Å². The first-order valence-corrected chi connectivity index (χ1v) is 6.59. The lowest BCUT2D eigenvalue weighted by molar-refractivity contribution is 0.0702. The van der Waals surface area contributed by atoms with Gasteiger partial charge in [0.25, 0.3) is 0 Å². The van der Waals surface area contributed by atoms with E-state index in [2.05, 4.69) is 6.92 Å². The van der Waals surface area contributed by atoms with Crippen molar-refractivity contribution in [3.8, 4) is 16.2 Å². The molecule has 1 heterocycles. The highest BCUT2D eigenvalue weighted by Crippen LogP contribution is 2.34. The molecule has 2 rings (SSSR count). The molecule has 0 aliphatic rings. The Morgan fingerprint density at radius 1 is 1.28 bits per heavy atom. The number of carboxylic acid groups (broad SMARTS) is 1. The van der Waals surface area contributed by atoms with E-state index >= 15 is 0 Å². The first-order chi connectivity index (χ1) is 8.72. The van der Waals surface area contributed by atoms with E-state index in [9.17, 15) is 4.79 Å². The molecule has 1 aromatic carbocycles. The van der Waals surface area contributed by atoms with E-state index in [0.29, 0.717) is 11.5 Å².